The molecule has 0 atom stereocenters. The van der Waals surface area contributed by atoms with Crippen LogP contribution in [0.15, 0.2) is 52.4 Å². The second-order valence-electron chi connectivity index (χ2n) is 10.6. The molecule has 3 fully saturated rings. The first kappa shape index (κ1) is 22.5. The van der Waals surface area contributed by atoms with Crippen molar-refractivity contribution in [3.05, 3.63) is 53.6 Å². The quantitative estimate of drug-likeness (QED) is 0.622. The third kappa shape index (κ3) is 3.97. The molecule has 1 spiro atoms. The van der Waals surface area contributed by atoms with Crippen LogP contribution in [0.2, 0.25) is 0 Å². The molecule has 35 heavy (non-hydrogen) atoms. The summed E-state index contributed by atoms with van der Waals surface area (Å²) in [6.07, 6.45) is 4.81. The lowest BCUT2D eigenvalue weighted by atomic mass is 9.96. The number of likely N-dealkylation sites (tertiary alicyclic amines) is 1. The second-order valence-corrected chi connectivity index (χ2v) is 12.6. The standard InChI is InChI=1S/C27H29N3O4S/c1-17-12-21(20-4-3-5-22(13-20)35(2,33)34)8-9-23(17)24-28-27(10-11-27)26(32)30(24)16-18-14-29(15-18)25(31)19-6-7-19/h3-5,8-9,12-13,18-19H,6-7,10-11,14-16H2,1-2H3. The van der Waals surface area contributed by atoms with Gasteiger partial charge in [0.1, 0.15) is 11.4 Å². The first-order valence-corrected chi connectivity index (χ1v) is 14.2. The summed E-state index contributed by atoms with van der Waals surface area (Å²) in [5.41, 5.74) is 3.08. The summed E-state index contributed by atoms with van der Waals surface area (Å²) >= 11 is 0. The van der Waals surface area contributed by atoms with Gasteiger partial charge in [-0.3, -0.25) is 19.5 Å². The summed E-state index contributed by atoms with van der Waals surface area (Å²) in [6, 6.07) is 12.9. The number of aliphatic imine (C=N–C) groups is 1. The third-order valence-corrected chi connectivity index (χ3v) is 8.75. The van der Waals surface area contributed by atoms with E-state index in [4.69, 9.17) is 4.99 Å². The van der Waals surface area contributed by atoms with Crippen LogP contribution in [0.5, 0.6) is 0 Å². The van der Waals surface area contributed by atoms with Gasteiger partial charge in [0.05, 0.1) is 4.90 Å². The van der Waals surface area contributed by atoms with E-state index in [0.29, 0.717) is 24.5 Å². The highest BCUT2D eigenvalue weighted by Gasteiger charge is 2.58. The Balaban J connectivity index is 1.24. The summed E-state index contributed by atoms with van der Waals surface area (Å²) in [6.45, 7) is 4.02. The van der Waals surface area contributed by atoms with Crippen LogP contribution in [-0.4, -0.2) is 67.3 Å². The normalized spacial score (nSPS) is 21.3. The highest BCUT2D eigenvalue weighted by Crippen LogP contribution is 2.46. The first-order chi connectivity index (χ1) is 16.6. The number of nitrogens with zero attached hydrogens (tertiary/aromatic N) is 3. The van der Waals surface area contributed by atoms with Gasteiger partial charge in [-0.25, -0.2) is 8.42 Å². The van der Waals surface area contributed by atoms with E-state index in [0.717, 1.165) is 53.8 Å². The lowest BCUT2D eigenvalue weighted by Crippen LogP contribution is -2.55. The second kappa shape index (κ2) is 7.75. The number of benzene rings is 2. The number of sulfone groups is 1. The van der Waals surface area contributed by atoms with Crippen LogP contribution < -0.4 is 0 Å². The van der Waals surface area contributed by atoms with Crippen LogP contribution >= 0.6 is 0 Å². The van der Waals surface area contributed by atoms with Crippen LogP contribution in [0, 0.1) is 18.8 Å². The predicted octanol–water partition coefficient (Wildman–Crippen LogP) is 3.06. The summed E-state index contributed by atoms with van der Waals surface area (Å²) in [7, 11) is -3.29. The fraction of sp³-hybridized carbons (Fsp3) is 0.444. The molecule has 2 aliphatic heterocycles. The van der Waals surface area contributed by atoms with Crippen molar-refractivity contribution in [1.29, 1.82) is 0 Å². The minimum atomic E-state index is -3.29. The number of amides is 2. The largest absolute Gasteiger partial charge is 0.342 e. The number of hydrogen-bond donors (Lipinski definition) is 0. The van der Waals surface area contributed by atoms with E-state index in [2.05, 4.69) is 0 Å². The molecular formula is C27H29N3O4S. The Morgan fingerprint density at radius 1 is 1.09 bits per heavy atom. The summed E-state index contributed by atoms with van der Waals surface area (Å²) in [4.78, 5) is 34.6. The number of rotatable bonds is 6. The highest BCUT2D eigenvalue weighted by atomic mass is 32.2. The molecule has 4 aliphatic rings. The summed E-state index contributed by atoms with van der Waals surface area (Å²) in [5.74, 6) is 1.60. The molecule has 6 rings (SSSR count). The van der Waals surface area contributed by atoms with Crippen LogP contribution in [-0.2, 0) is 19.4 Å². The maximum absolute atomic E-state index is 13.3. The molecule has 8 heteroatoms. The van der Waals surface area contributed by atoms with Gasteiger partial charge < -0.3 is 4.90 Å². The smallest absolute Gasteiger partial charge is 0.256 e. The minimum Gasteiger partial charge on any atom is -0.342 e. The Morgan fingerprint density at radius 2 is 1.80 bits per heavy atom. The molecule has 7 nitrogen and oxygen atoms in total. The Morgan fingerprint density at radius 3 is 2.43 bits per heavy atom. The molecular weight excluding hydrogens is 462 g/mol. The topological polar surface area (TPSA) is 87.1 Å². The van der Waals surface area contributed by atoms with Crippen molar-refractivity contribution in [1.82, 2.24) is 9.80 Å². The maximum atomic E-state index is 13.3. The lowest BCUT2D eigenvalue weighted by molar-refractivity contribution is -0.139. The van der Waals surface area contributed by atoms with E-state index in [1.165, 1.54) is 6.26 Å². The van der Waals surface area contributed by atoms with Gasteiger partial charge in [-0.2, -0.15) is 0 Å². The van der Waals surface area contributed by atoms with E-state index in [1.54, 1.807) is 18.2 Å². The van der Waals surface area contributed by atoms with Crippen molar-refractivity contribution in [2.24, 2.45) is 16.8 Å². The molecule has 2 aromatic carbocycles. The van der Waals surface area contributed by atoms with E-state index < -0.39 is 15.4 Å². The van der Waals surface area contributed by atoms with E-state index in [-0.39, 0.29) is 23.7 Å². The molecule has 0 N–H and O–H groups in total. The Bertz CT molecular complexity index is 1380. The lowest BCUT2D eigenvalue weighted by Gasteiger charge is -2.41. The van der Waals surface area contributed by atoms with Crippen LogP contribution in [0.3, 0.4) is 0 Å². The minimum absolute atomic E-state index is 0.0869. The highest BCUT2D eigenvalue weighted by molar-refractivity contribution is 7.90. The molecule has 0 aromatic heterocycles. The van der Waals surface area contributed by atoms with Crippen molar-refractivity contribution >= 4 is 27.5 Å². The van der Waals surface area contributed by atoms with Gasteiger partial charge in [0.2, 0.25) is 5.91 Å². The predicted molar refractivity (Wildman–Crippen MR) is 133 cm³/mol. The fourth-order valence-corrected chi connectivity index (χ4v) is 5.86. The number of hydrogen-bond acceptors (Lipinski definition) is 5. The molecule has 0 bridgehead atoms. The monoisotopic (exact) mass is 491 g/mol. The van der Waals surface area contributed by atoms with Crippen molar-refractivity contribution in [3.63, 3.8) is 0 Å². The first-order valence-electron chi connectivity index (χ1n) is 12.3. The van der Waals surface area contributed by atoms with Crippen LogP contribution in [0.4, 0.5) is 0 Å². The summed E-state index contributed by atoms with van der Waals surface area (Å²) in [5, 5.41) is 0. The average molecular weight is 492 g/mol. The van der Waals surface area contributed by atoms with Gasteiger partial charge in [-0.1, -0.05) is 30.3 Å². The van der Waals surface area contributed by atoms with Crippen LogP contribution in [0.1, 0.15) is 36.8 Å². The zero-order valence-corrected chi connectivity index (χ0v) is 20.8. The van der Waals surface area contributed by atoms with E-state index in [9.17, 15) is 18.0 Å². The molecule has 2 amide bonds. The molecule has 1 saturated heterocycles. The zero-order chi connectivity index (χ0) is 24.5. The average Bonchev–Trinajstić information content (AvgIpc) is 3.71. The zero-order valence-electron chi connectivity index (χ0n) is 20.0. The van der Waals surface area contributed by atoms with Gasteiger partial charge in [0, 0.05) is 43.3 Å². The molecule has 0 unspecified atom stereocenters. The number of carbonyl (C=O) groups excluding carboxylic acids is 2. The van der Waals surface area contributed by atoms with Crippen LogP contribution in [0.25, 0.3) is 11.1 Å². The van der Waals surface area contributed by atoms with E-state index in [1.807, 2.05) is 41.0 Å². The maximum Gasteiger partial charge on any atom is 0.256 e. The number of carbonyl (C=O) groups is 2. The number of aryl methyl sites for hydroxylation is 1. The fourth-order valence-electron chi connectivity index (χ4n) is 5.19. The van der Waals surface area contributed by atoms with Gasteiger partial charge in [0.15, 0.2) is 9.84 Å². The molecule has 2 heterocycles. The van der Waals surface area contributed by atoms with Gasteiger partial charge in [-0.15, -0.1) is 0 Å². The third-order valence-electron chi connectivity index (χ3n) is 7.64. The van der Waals surface area contributed by atoms with Gasteiger partial charge in [-0.05, 0) is 61.4 Å². The van der Waals surface area contributed by atoms with Crippen molar-refractivity contribution in [2.45, 2.75) is 43.0 Å². The SMILES string of the molecule is Cc1cc(-c2cccc(S(C)(=O)=O)c2)ccc1C1=NC2(CC2)C(=O)N1CC1CN(C(=O)C2CC2)C1. The van der Waals surface area contributed by atoms with Crippen molar-refractivity contribution < 1.29 is 18.0 Å². The van der Waals surface area contributed by atoms with Crippen molar-refractivity contribution in [3.8, 4) is 11.1 Å². The Labute approximate surface area is 205 Å². The van der Waals surface area contributed by atoms with Gasteiger partial charge >= 0.3 is 0 Å². The summed E-state index contributed by atoms with van der Waals surface area (Å²) < 4.78 is 24.0. The molecule has 182 valence electrons. The number of amidine groups is 1. The molecule has 2 saturated carbocycles. The van der Waals surface area contributed by atoms with Gasteiger partial charge in [0.25, 0.3) is 5.91 Å². The Hall–Kier alpha value is -3.00. The molecule has 0 radical (unpaired) electrons. The Kier molecular flexibility index (Phi) is 4.97. The van der Waals surface area contributed by atoms with E-state index >= 15 is 0 Å². The molecule has 2 aliphatic carbocycles. The van der Waals surface area contributed by atoms with Crippen molar-refractivity contribution in [2.75, 3.05) is 25.9 Å². The molecule has 2 aromatic rings.